The van der Waals surface area contributed by atoms with E-state index in [1.54, 1.807) is 43.5 Å². The molecule has 2 aromatic rings. The number of rotatable bonds is 4. The van der Waals surface area contributed by atoms with Gasteiger partial charge in [-0.3, -0.25) is 4.90 Å². The van der Waals surface area contributed by atoms with Crippen LogP contribution in [0.2, 0.25) is 0 Å². The van der Waals surface area contributed by atoms with E-state index in [2.05, 4.69) is 4.40 Å². The van der Waals surface area contributed by atoms with Crippen LogP contribution in [0.5, 0.6) is 5.75 Å². The van der Waals surface area contributed by atoms with Crippen LogP contribution in [0.15, 0.2) is 57.8 Å². The van der Waals surface area contributed by atoms with Gasteiger partial charge in [0.15, 0.2) is 5.17 Å². The van der Waals surface area contributed by atoms with Gasteiger partial charge < -0.3 is 9.84 Å². The molecule has 2 aromatic carbocycles. The number of methoxy groups -OCH3 is 1. The monoisotopic (exact) mass is 378 g/mol. The molecule has 1 aliphatic heterocycles. The number of aliphatic hydroxyl groups excluding tert-OH is 1. The fourth-order valence-electron chi connectivity index (χ4n) is 2.38. The average molecular weight is 378 g/mol. The van der Waals surface area contributed by atoms with Crippen molar-refractivity contribution >= 4 is 32.6 Å². The fourth-order valence-corrected chi connectivity index (χ4v) is 4.58. The van der Waals surface area contributed by atoms with E-state index in [4.69, 9.17) is 4.74 Å². The van der Waals surface area contributed by atoms with Gasteiger partial charge in [-0.2, -0.15) is 8.42 Å². The van der Waals surface area contributed by atoms with E-state index in [1.807, 2.05) is 6.92 Å². The standard InChI is InChI=1S/C17H18N2O4S2/c1-12-3-9-15(10-4-12)25(21,22)18-17-19(16(20)11-24-17)13-5-7-14(23-2)8-6-13/h3-10,16,20H,11H2,1-2H3/b18-17+. The van der Waals surface area contributed by atoms with Gasteiger partial charge in [0.2, 0.25) is 0 Å². The Labute approximate surface area is 151 Å². The molecule has 1 atom stereocenters. The van der Waals surface area contributed by atoms with Crippen molar-refractivity contribution in [3.8, 4) is 5.75 Å². The highest BCUT2D eigenvalue weighted by atomic mass is 32.2. The second-order valence-corrected chi connectivity index (χ2v) is 8.11. The molecule has 0 spiro atoms. The Balaban J connectivity index is 1.96. The molecular formula is C17H18N2O4S2. The molecule has 132 valence electrons. The topological polar surface area (TPSA) is 79.2 Å². The van der Waals surface area contributed by atoms with Gasteiger partial charge in [-0.25, -0.2) is 0 Å². The molecule has 6 nitrogen and oxygen atoms in total. The third kappa shape index (κ3) is 3.81. The average Bonchev–Trinajstić information content (AvgIpc) is 2.95. The lowest BCUT2D eigenvalue weighted by atomic mass is 10.2. The van der Waals surface area contributed by atoms with Gasteiger partial charge in [0.1, 0.15) is 12.0 Å². The third-order valence-corrected chi connectivity index (χ3v) is 6.14. The second-order valence-electron chi connectivity index (χ2n) is 5.52. The first-order valence-corrected chi connectivity index (χ1v) is 9.99. The second kappa shape index (κ2) is 7.07. The first kappa shape index (κ1) is 17.8. The third-order valence-electron chi connectivity index (χ3n) is 3.73. The first-order valence-electron chi connectivity index (χ1n) is 7.56. The molecule has 1 aliphatic rings. The van der Waals surface area contributed by atoms with Crippen molar-refractivity contribution in [2.75, 3.05) is 17.8 Å². The Kier molecular flexibility index (Phi) is 5.03. The van der Waals surface area contributed by atoms with Crippen LogP contribution in [-0.4, -0.2) is 37.8 Å². The van der Waals surface area contributed by atoms with Crippen LogP contribution in [0.3, 0.4) is 0 Å². The summed E-state index contributed by atoms with van der Waals surface area (Å²) in [4.78, 5) is 1.64. The molecule has 0 radical (unpaired) electrons. The highest BCUT2D eigenvalue weighted by Gasteiger charge is 2.32. The quantitative estimate of drug-likeness (QED) is 0.881. The normalized spacial score (nSPS) is 19.4. The van der Waals surface area contributed by atoms with Crippen LogP contribution >= 0.6 is 11.8 Å². The fraction of sp³-hybridized carbons (Fsp3) is 0.235. The van der Waals surface area contributed by atoms with Crippen molar-refractivity contribution in [2.24, 2.45) is 4.40 Å². The molecule has 3 rings (SSSR count). The molecule has 8 heteroatoms. The molecule has 1 heterocycles. The van der Waals surface area contributed by atoms with Crippen molar-refractivity contribution in [1.29, 1.82) is 0 Å². The van der Waals surface area contributed by atoms with Crippen LogP contribution in [0.25, 0.3) is 0 Å². The number of nitrogens with zero attached hydrogens (tertiary/aromatic N) is 2. The Bertz CT molecular complexity index is 878. The summed E-state index contributed by atoms with van der Waals surface area (Å²) in [6.45, 7) is 1.89. The summed E-state index contributed by atoms with van der Waals surface area (Å²) < 4.78 is 34.2. The van der Waals surface area contributed by atoms with Gasteiger partial charge in [-0.15, -0.1) is 4.40 Å². The van der Waals surface area contributed by atoms with Gasteiger partial charge in [-0.05, 0) is 43.3 Å². The Morgan fingerprint density at radius 3 is 2.40 bits per heavy atom. The lowest BCUT2D eigenvalue weighted by Gasteiger charge is -2.22. The number of aliphatic hydroxyl groups is 1. The summed E-state index contributed by atoms with van der Waals surface area (Å²) >= 11 is 1.20. The number of ether oxygens (including phenoxy) is 1. The highest BCUT2D eigenvalue weighted by molar-refractivity contribution is 8.15. The molecule has 1 N–H and O–H groups in total. The van der Waals surface area contributed by atoms with Crippen LogP contribution in [0.4, 0.5) is 5.69 Å². The maximum atomic E-state index is 12.6. The number of anilines is 1. The van der Waals surface area contributed by atoms with Gasteiger partial charge in [0.25, 0.3) is 10.0 Å². The van der Waals surface area contributed by atoms with Gasteiger partial charge >= 0.3 is 0 Å². The van der Waals surface area contributed by atoms with E-state index >= 15 is 0 Å². The van der Waals surface area contributed by atoms with Crippen LogP contribution in [0, 0.1) is 6.92 Å². The molecular weight excluding hydrogens is 360 g/mol. The predicted molar refractivity (Wildman–Crippen MR) is 99.7 cm³/mol. The van der Waals surface area contributed by atoms with Gasteiger partial charge in [-0.1, -0.05) is 29.5 Å². The molecule has 0 amide bonds. The number of aryl methyl sites for hydroxylation is 1. The number of hydrogen-bond acceptors (Lipinski definition) is 5. The number of thioether (sulfide) groups is 1. The van der Waals surface area contributed by atoms with Crippen molar-refractivity contribution in [2.45, 2.75) is 18.0 Å². The molecule has 0 aliphatic carbocycles. The molecule has 0 bridgehead atoms. The highest BCUT2D eigenvalue weighted by Crippen LogP contribution is 2.31. The zero-order valence-electron chi connectivity index (χ0n) is 13.8. The van der Waals surface area contributed by atoms with E-state index < -0.39 is 16.3 Å². The number of benzene rings is 2. The van der Waals surface area contributed by atoms with Gasteiger partial charge in [0, 0.05) is 11.4 Å². The zero-order chi connectivity index (χ0) is 18.0. The number of amidine groups is 1. The van der Waals surface area contributed by atoms with Gasteiger partial charge in [0.05, 0.1) is 12.0 Å². The summed E-state index contributed by atoms with van der Waals surface area (Å²) in [5.74, 6) is 1.02. The summed E-state index contributed by atoms with van der Waals surface area (Å²) in [7, 11) is -2.28. The Hall–Kier alpha value is -2.03. The summed E-state index contributed by atoms with van der Waals surface area (Å²) in [6, 6.07) is 13.5. The van der Waals surface area contributed by atoms with Crippen LogP contribution in [-0.2, 0) is 10.0 Å². The van der Waals surface area contributed by atoms with E-state index in [0.29, 0.717) is 17.2 Å². The van der Waals surface area contributed by atoms with E-state index in [1.165, 1.54) is 28.8 Å². The van der Waals surface area contributed by atoms with Crippen molar-refractivity contribution in [1.82, 2.24) is 0 Å². The minimum atomic E-state index is -3.85. The Morgan fingerprint density at radius 2 is 1.80 bits per heavy atom. The van der Waals surface area contributed by atoms with Crippen molar-refractivity contribution in [3.05, 3.63) is 54.1 Å². The molecule has 1 saturated heterocycles. The van der Waals surface area contributed by atoms with E-state index in [0.717, 1.165) is 5.56 Å². The number of hydrogen-bond donors (Lipinski definition) is 1. The molecule has 25 heavy (non-hydrogen) atoms. The minimum absolute atomic E-state index is 0.127. The maximum Gasteiger partial charge on any atom is 0.284 e. The smallest absolute Gasteiger partial charge is 0.284 e. The lowest BCUT2D eigenvalue weighted by Crippen LogP contribution is -2.34. The SMILES string of the molecule is COc1ccc(N2/C(=N\S(=O)(=O)c3ccc(C)cc3)SCC2O)cc1. The molecule has 0 saturated carbocycles. The van der Waals surface area contributed by atoms with Crippen molar-refractivity contribution in [3.63, 3.8) is 0 Å². The Morgan fingerprint density at radius 1 is 1.16 bits per heavy atom. The number of sulfonamides is 1. The predicted octanol–water partition coefficient (Wildman–Crippen LogP) is 2.62. The minimum Gasteiger partial charge on any atom is -0.497 e. The van der Waals surface area contributed by atoms with Crippen LogP contribution in [0.1, 0.15) is 5.56 Å². The van der Waals surface area contributed by atoms with Crippen molar-refractivity contribution < 1.29 is 18.3 Å². The zero-order valence-corrected chi connectivity index (χ0v) is 15.4. The van der Waals surface area contributed by atoms with E-state index in [-0.39, 0.29) is 10.1 Å². The largest absolute Gasteiger partial charge is 0.497 e. The molecule has 0 aromatic heterocycles. The lowest BCUT2D eigenvalue weighted by molar-refractivity contribution is 0.213. The summed E-state index contributed by atoms with van der Waals surface area (Å²) in [6.07, 6.45) is -0.842. The maximum absolute atomic E-state index is 12.6. The summed E-state index contributed by atoms with van der Waals surface area (Å²) in [5, 5.41) is 10.5. The first-order chi connectivity index (χ1) is 11.9. The molecule has 1 fully saturated rings. The van der Waals surface area contributed by atoms with Crippen LogP contribution < -0.4 is 9.64 Å². The summed E-state index contributed by atoms with van der Waals surface area (Å²) in [5.41, 5.74) is 1.62. The van der Waals surface area contributed by atoms with E-state index in [9.17, 15) is 13.5 Å². The molecule has 1 unspecified atom stereocenters.